The molecule has 2 N–H and O–H groups in total. The van der Waals surface area contributed by atoms with Gasteiger partial charge < -0.3 is 19.9 Å². The molecule has 0 unspecified atom stereocenters. The monoisotopic (exact) mass is 379 g/mol. The van der Waals surface area contributed by atoms with E-state index < -0.39 is 0 Å². The van der Waals surface area contributed by atoms with Gasteiger partial charge in [0.1, 0.15) is 0 Å². The molecule has 3 saturated heterocycles. The number of nitrogens with zero attached hydrogens (tertiary/aromatic N) is 1. The maximum Gasteiger partial charge on any atom is 0.253 e. The molecule has 1 spiro atoms. The summed E-state index contributed by atoms with van der Waals surface area (Å²) in [5.74, 6) is 1.17. The van der Waals surface area contributed by atoms with Crippen molar-refractivity contribution >= 4 is 22.7 Å². The molecule has 1 aromatic carbocycles. The van der Waals surface area contributed by atoms with E-state index in [0.717, 1.165) is 49.7 Å². The number of likely N-dealkylation sites (tertiary alicyclic amines) is 1. The molecule has 4 heterocycles. The van der Waals surface area contributed by atoms with E-state index in [2.05, 4.69) is 10.3 Å². The number of H-pyrrole nitrogens is 1. The Morgan fingerprint density at radius 2 is 2.11 bits per heavy atom. The van der Waals surface area contributed by atoms with E-state index in [1.165, 1.54) is 0 Å². The van der Waals surface area contributed by atoms with Crippen LogP contribution in [0.25, 0.3) is 10.9 Å². The van der Waals surface area contributed by atoms with E-state index >= 15 is 0 Å². The fourth-order valence-electron chi connectivity index (χ4n) is 5.79. The van der Waals surface area contributed by atoms with Crippen molar-refractivity contribution in [2.45, 2.75) is 37.4 Å². The van der Waals surface area contributed by atoms with Gasteiger partial charge in [0.05, 0.1) is 23.8 Å². The van der Waals surface area contributed by atoms with Crippen LogP contribution >= 0.6 is 0 Å². The molecule has 2 aromatic rings. The first-order valence-electron chi connectivity index (χ1n) is 10.5. The van der Waals surface area contributed by atoms with E-state index in [1.807, 2.05) is 29.2 Å². The third-order valence-corrected chi connectivity index (χ3v) is 7.35. The van der Waals surface area contributed by atoms with Crippen molar-refractivity contribution < 1.29 is 14.3 Å². The maximum absolute atomic E-state index is 12.8. The van der Waals surface area contributed by atoms with Crippen molar-refractivity contribution in [2.75, 3.05) is 19.6 Å². The minimum atomic E-state index is -0.161. The minimum Gasteiger partial charge on any atom is -0.369 e. The summed E-state index contributed by atoms with van der Waals surface area (Å²) >= 11 is 0. The van der Waals surface area contributed by atoms with E-state index in [4.69, 9.17) is 4.74 Å². The molecule has 3 aliphatic heterocycles. The molecule has 1 aliphatic carbocycles. The topological polar surface area (TPSA) is 74.4 Å². The highest BCUT2D eigenvalue weighted by Gasteiger charge is 2.63. The average Bonchev–Trinajstić information content (AvgIpc) is 3.07. The van der Waals surface area contributed by atoms with Gasteiger partial charge in [0.15, 0.2) is 0 Å². The number of aromatic nitrogens is 1. The maximum atomic E-state index is 12.8. The van der Waals surface area contributed by atoms with Crippen molar-refractivity contribution in [3.8, 4) is 0 Å². The lowest BCUT2D eigenvalue weighted by Crippen LogP contribution is -2.41. The summed E-state index contributed by atoms with van der Waals surface area (Å²) in [5, 5.41) is 4.10. The minimum absolute atomic E-state index is 0.0433. The van der Waals surface area contributed by atoms with Gasteiger partial charge in [-0.2, -0.15) is 0 Å². The first kappa shape index (κ1) is 16.6. The van der Waals surface area contributed by atoms with E-state index in [1.54, 1.807) is 6.20 Å². The van der Waals surface area contributed by atoms with Crippen LogP contribution in [0.5, 0.6) is 0 Å². The number of carbonyl (C=O) groups excluding carboxylic acids is 2. The highest BCUT2D eigenvalue weighted by molar-refractivity contribution is 6.06. The number of rotatable bonds is 4. The van der Waals surface area contributed by atoms with Crippen molar-refractivity contribution in [1.82, 2.24) is 15.2 Å². The van der Waals surface area contributed by atoms with Crippen LogP contribution in [-0.2, 0) is 9.53 Å². The number of carbonyl (C=O) groups is 2. The van der Waals surface area contributed by atoms with Crippen molar-refractivity contribution in [2.24, 2.45) is 17.8 Å². The molecule has 0 radical (unpaired) electrons. The number of hydrogen-bond donors (Lipinski definition) is 2. The number of amides is 2. The molecule has 146 valence electrons. The quantitative estimate of drug-likeness (QED) is 0.856. The van der Waals surface area contributed by atoms with Crippen molar-refractivity contribution in [1.29, 1.82) is 0 Å². The van der Waals surface area contributed by atoms with Crippen LogP contribution in [0.1, 0.15) is 36.0 Å². The van der Waals surface area contributed by atoms with Gasteiger partial charge in [-0.25, -0.2) is 0 Å². The van der Waals surface area contributed by atoms with Crippen molar-refractivity contribution in [3.05, 3.63) is 36.0 Å². The van der Waals surface area contributed by atoms with Crippen LogP contribution in [0.3, 0.4) is 0 Å². The Bertz CT molecular complexity index is 965. The molecule has 6 rings (SSSR count). The highest BCUT2D eigenvalue weighted by atomic mass is 16.5. The SMILES string of the molecule is O=C(NC[C@H]1[C@H]2CN(C(=O)C3CC3)C[C@]23CC[C@H]1O3)c1c[nH]c2ccccc12. The fourth-order valence-corrected chi connectivity index (χ4v) is 5.79. The van der Waals surface area contributed by atoms with Gasteiger partial charge in [-0.1, -0.05) is 18.2 Å². The average molecular weight is 379 g/mol. The molecule has 6 heteroatoms. The van der Waals surface area contributed by atoms with Crippen molar-refractivity contribution in [3.63, 3.8) is 0 Å². The van der Waals surface area contributed by atoms with Crippen LogP contribution in [0.15, 0.2) is 30.5 Å². The lowest BCUT2D eigenvalue weighted by atomic mass is 9.73. The predicted molar refractivity (Wildman–Crippen MR) is 104 cm³/mol. The largest absolute Gasteiger partial charge is 0.369 e. The Morgan fingerprint density at radius 1 is 1.25 bits per heavy atom. The van der Waals surface area contributed by atoms with Gasteiger partial charge in [0.25, 0.3) is 5.91 Å². The van der Waals surface area contributed by atoms with E-state index in [-0.39, 0.29) is 23.5 Å². The normalized spacial score (nSPS) is 33.4. The second-order valence-electron chi connectivity index (χ2n) is 8.98. The summed E-state index contributed by atoms with van der Waals surface area (Å²) in [4.78, 5) is 30.6. The highest BCUT2D eigenvalue weighted by Crippen LogP contribution is 2.55. The summed E-state index contributed by atoms with van der Waals surface area (Å²) in [7, 11) is 0. The Kier molecular flexibility index (Phi) is 3.46. The fraction of sp³-hybridized carbons (Fsp3) is 0.545. The summed E-state index contributed by atoms with van der Waals surface area (Å²) in [6.07, 6.45) is 6.16. The van der Waals surface area contributed by atoms with Crippen LogP contribution in [0.4, 0.5) is 0 Å². The number of fused-ring (bicyclic) bond motifs is 2. The molecule has 4 fully saturated rings. The molecular weight excluding hydrogens is 354 g/mol. The van der Waals surface area contributed by atoms with Gasteiger partial charge in [-0.05, 0) is 31.7 Å². The van der Waals surface area contributed by atoms with Gasteiger partial charge in [-0.15, -0.1) is 0 Å². The summed E-state index contributed by atoms with van der Waals surface area (Å²) in [5.41, 5.74) is 1.50. The Labute approximate surface area is 163 Å². The van der Waals surface area contributed by atoms with Crippen LogP contribution in [0.2, 0.25) is 0 Å². The van der Waals surface area contributed by atoms with Gasteiger partial charge >= 0.3 is 0 Å². The zero-order chi connectivity index (χ0) is 18.9. The number of benzene rings is 1. The number of hydrogen-bond acceptors (Lipinski definition) is 3. The van der Waals surface area contributed by atoms with Gasteiger partial charge in [-0.3, -0.25) is 9.59 Å². The molecule has 1 aromatic heterocycles. The van der Waals surface area contributed by atoms with Gasteiger partial charge in [0.2, 0.25) is 5.91 Å². The van der Waals surface area contributed by atoms with Crippen LogP contribution < -0.4 is 5.32 Å². The lowest BCUT2D eigenvalue weighted by molar-refractivity contribution is -0.133. The van der Waals surface area contributed by atoms with Crippen LogP contribution in [-0.4, -0.2) is 53.0 Å². The standard InChI is InChI=1S/C22H25N3O3/c26-20(15-9-23-18-4-2-1-3-14(15)18)24-10-16-17-11-25(21(27)13-5-6-13)12-22(17)8-7-19(16)28-22/h1-4,9,13,16-17,19,23H,5-8,10-12H2,(H,24,26)/t16-,17+,19+,22+/m0/s1. The van der Waals surface area contributed by atoms with Gasteiger partial charge in [0, 0.05) is 47.9 Å². The smallest absolute Gasteiger partial charge is 0.253 e. The lowest BCUT2D eigenvalue weighted by Gasteiger charge is -2.29. The van der Waals surface area contributed by atoms with Crippen LogP contribution in [0, 0.1) is 17.8 Å². The number of nitrogens with one attached hydrogen (secondary N) is 2. The Balaban J connectivity index is 1.17. The molecule has 4 aliphatic rings. The third-order valence-electron chi connectivity index (χ3n) is 7.35. The Morgan fingerprint density at radius 3 is 2.96 bits per heavy atom. The second-order valence-corrected chi connectivity index (χ2v) is 8.98. The molecule has 6 nitrogen and oxygen atoms in total. The number of para-hydroxylation sites is 1. The third kappa shape index (κ3) is 2.37. The molecule has 28 heavy (non-hydrogen) atoms. The molecule has 1 saturated carbocycles. The number of ether oxygens (including phenoxy) is 1. The molecule has 4 atom stereocenters. The predicted octanol–water partition coefficient (Wildman–Crippen LogP) is 2.31. The zero-order valence-electron chi connectivity index (χ0n) is 15.8. The summed E-state index contributed by atoms with van der Waals surface area (Å²) in [6.45, 7) is 2.15. The second kappa shape index (κ2) is 5.83. The summed E-state index contributed by atoms with van der Waals surface area (Å²) < 4.78 is 6.42. The first-order chi connectivity index (χ1) is 13.6. The zero-order valence-corrected chi connectivity index (χ0v) is 15.8. The summed E-state index contributed by atoms with van der Waals surface area (Å²) in [6, 6.07) is 7.85. The molecule has 2 bridgehead atoms. The Hall–Kier alpha value is -2.34. The van der Waals surface area contributed by atoms with E-state index in [0.29, 0.717) is 29.9 Å². The van der Waals surface area contributed by atoms with E-state index in [9.17, 15) is 9.59 Å². The number of aromatic amines is 1. The molecular formula is C22H25N3O3. The molecule has 2 amide bonds. The first-order valence-corrected chi connectivity index (χ1v) is 10.5.